The first-order valence-corrected chi connectivity index (χ1v) is 8.61. The molecule has 2 N–H and O–H groups in total. The highest BCUT2D eigenvalue weighted by atomic mass is 16.5. The first kappa shape index (κ1) is 17.8. The third-order valence-electron chi connectivity index (χ3n) is 4.57. The van der Waals surface area contributed by atoms with Crippen LogP contribution < -0.4 is 20.3 Å². The van der Waals surface area contributed by atoms with Gasteiger partial charge in [-0.3, -0.25) is 4.79 Å². The number of amides is 3. The van der Waals surface area contributed by atoms with Crippen LogP contribution in [-0.4, -0.2) is 25.6 Å². The Morgan fingerprint density at radius 2 is 1.73 bits per heavy atom. The largest absolute Gasteiger partial charge is 0.495 e. The maximum atomic E-state index is 12.3. The molecule has 0 radical (unpaired) electrons. The Balaban J connectivity index is 1.75. The molecule has 0 atom stereocenters. The minimum Gasteiger partial charge on any atom is -0.495 e. The SMILES string of the molecule is COc1ccc(NC(=O)Nc2ccc(C)c(C)c2)cc1N1CCCC1=O. The second-order valence-electron chi connectivity index (χ2n) is 6.41. The van der Waals surface area contributed by atoms with Gasteiger partial charge in [-0.1, -0.05) is 6.07 Å². The van der Waals surface area contributed by atoms with Crippen LogP contribution in [0, 0.1) is 13.8 Å². The van der Waals surface area contributed by atoms with Gasteiger partial charge in [-0.2, -0.15) is 0 Å². The van der Waals surface area contributed by atoms with Crippen LogP contribution in [-0.2, 0) is 4.79 Å². The molecule has 3 amide bonds. The molecule has 0 aliphatic carbocycles. The number of urea groups is 1. The van der Waals surface area contributed by atoms with Crippen molar-refractivity contribution in [3.63, 3.8) is 0 Å². The van der Waals surface area contributed by atoms with E-state index in [2.05, 4.69) is 10.6 Å². The van der Waals surface area contributed by atoms with Crippen molar-refractivity contribution < 1.29 is 14.3 Å². The summed E-state index contributed by atoms with van der Waals surface area (Å²) in [5, 5.41) is 5.63. The zero-order valence-electron chi connectivity index (χ0n) is 15.3. The number of aryl methyl sites for hydroxylation is 2. The number of rotatable bonds is 4. The van der Waals surface area contributed by atoms with Gasteiger partial charge in [-0.15, -0.1) is 0 Å². The third kappa shape index (κ3) is 3.79. The predicted molar refractivity (Wildman–Crippen MR) is 103 cm³/mol. The van der Waals surface area contributed by atoms with E-state index in [9.17, 15) is 9.59 Å². The predicted octanol–water partition coefficient (Wildman–Crippen LogP) is 4.08. The first-order valence-electron chi connectivity index (χ1n) is 8.61. The number of anilines is 3. The van der Waals surface area contributed by atoms with Gasteiger partial charge in [0.1, 0.15) is 5.75 Å². The van der Waals surface area contributed by atoms with Crippen molar-refractivity contribution in [2.45, 2.75) is 26.7 Å². The number of methoxy groups -OCH3 is 1. The van der Waals surface area contributed by atoms with E-state index in [4.69, 9.17) is 4.74 Å². The Hall–Kier alpha value is -3.02. The molecule has 2 aromatic carbocycles. The summed E-state index contributed by atoms with van der Waals surface area (Å²) in [5.41, 5.74) is 4.29. The molecule has 6 heteroatoms. The number of carbonyl (C=O) groups is 2. The molecule has 1 fully saturated rings. The van der Waals surface area contributed by atoms with Crippen LogP contribution in [0.4, 0.5) is 21.9 Å². The van der Waals surface area contributed by atoms with E-state index in [-0.39, 0.29) is 11.9 Å². The lowest BCUT2D eigenvalue weighted by Gasteiger charge is -2.20. The minimum atomic E-state index is -0.336. The van der Waals surface area contributed by atoms with E-state index >= 15 is 0 Å². The van der Waals surface area contributed by atoms with Gasteiger partial charge >= 0.3 is 6.03 Å². The lowest BCUT2D eigenvalue weighted by molar-refractivity contribution is -0.117. The number of hydrogen-bond donors (Lipinski definition) is 2. The molecule has 3 rings (SSSR count). The number of nitrogens with one attached hydrogen (secondary N) is 2. The number of benzene rings is 2. The maximum absolute atomic E-state index is 12.3. The second-order valence-corrected chi connectivity index (χ2v) is 6.41. The molecule has 6 nitrogen and oxygen atoms in total. The Labute approximate surface area is 153 Å². The van der Waals surface area contributed by atoms with E-state index in [0.717, 1.165) is 17.7 Å². The van der Waals surface area contributed by atoms with Crippen LogP contribution in [0.25, 0.3) is 0 Å². The summed E-state index contributed by atoms with van der Waals surface area (Å²) in [7, 11) is 1.57. The highest BCUT2D eigenvalue weighted by Gasteiger charge is 2.24. The topological polar surface area (TPSA) is 70.7 Å². The van der Waals surface area contributed by atoms with Crippen molar-refractivity contribution >= 4 is 29.0 Å². The Bertz CT molecular complexity index is 848. The highest BCUT2D eigenvalue weighted by Crippen LogP contribution is 2.34. The second kappa shape index (κ2) is 7.47. The van der Waals surface area contributed by atoms with Gasteiger partial charge in [0.25, 0.3) is 0 Å². The molecule has 1 aliphatic rings. The van der Waals surface area contributed by atoms with Gasteiger partial charge in [-0.05, 0) is 61.7 Å². The van der Waals surface area contributed by atoms with Gasteiger partial charge in [0.15, 0.2) is 0 Å². The van der Waals surface area contributed by atoms with Crippen LogP contribution >= 0.6 is 0 Å². The van der Waals surface area contributed by atoms with Gasteiger partial charge in [0.05, 0.1) is 12.8 Å². The number of ether oxygens (including phenoxy) is 1. The van der Waals surface area contributed by atoms with Crippen LogP contribution in [0.1, 0.15) is 24.0 Å². The molecule has 1 heterocycles. The summed E-state index contributed by atoms with van der Waals surface area (Å²) >= 11 is 0. The molecule has 0 spiro atoms. The molecule has 0 unspecified atom stereocenters. The fourth-order valence-corrected chi connectivity index (χ4v) is 2.99. The molecular formula is C20H23N3O3. The van der Waals surface area contributed by atoms with Crippen molar-refractivity contribution in [2.24, 2.45) is 0 Å². The zero-order valence-corrected chi connectivity index (χ0v) is 15.3. The summed E-state index contributed by atoms with van der Waals surface area (Å²) in [4.78, 5) is 26.0. The van der Waals surface area contributed by atoms with Crippen LogP contribution in [0.3, 0.4) is 0 Å². The fourth-order valence-electron chi connectivity index (χ4n) is 2.99. The maximum Gasteiger partial charge on any atom is 0.323 e. The number of hydrogen-bond acceptors (Lipinski definition) is 3. The molecular weight excluding hydrogens is 330 g/mol. The minimum absolute atomic E-state index is 0.0695. The lowest BCUT2D eigenvalue weighted by Crippen LogP contribution is -2.25. The molecule has 136 valence electrons. The van der Waals surface area contributed by atoms with Crippen molar-refractivity contribution in [3.05, 3.63) is 47.5 Å². The van der Waals surface area contributed by atoms with Gasteiger partial charge in [0, 0.05) is 24.3 Å². The molecule has 1 aliphatic heterocycles. The number of carbonyl (C=O) groups excluding carboxylic acids is 2. The van der Waals surface area contributed by atoms with Gasteiger partial charge in [-0.25, -0.2) is 4.79 Å². The van der Waals surface area contributed by atoms with E-state index < -0.39 is 0 Å². The Morgan fingerprint density at radius 3 is 2.35 bits per heavy atom. The summed E-state index contributed by atoms with van der Waals surface area (Å²) in [6, 6.07) is 10.7. The summed E-state index contributed by atoms with van der Waals surface area (Å²) in [6.45, 7) is 4.69. The Morgan fingerprint density at radius 1 is 1.04 bits per heavy atom. The normalized spacial score (nSPS) is 13.7. The van der Waals surface area contributed by atoms with Crippen molar-refractivity contribution in [2.75, 3.05) is 29.2 Å². The molecule has 0 bridgehead atoms. The Kier molecular flexibility index (Phi) is 5.11. The monoisotopic (exact) mass is 353 g/mol. The fraction of sp³-hybridized carbons (Fsp3) is 0.300. The molecule has 0 aromatic heterocycles. The van der Waals surface area contributed by atoms with Crippen LogP contribution in [0.2, 0.25) is 0 Å². The van der Waals surface area contributed by atoms with Crippen LogP contribution in [0.15, 0.2) is 36.4 Å². The highest BCUT2D eigenvalue weighted by molar-refractivity contribution is 6.01. The quantitative estimate of drug-likeness (QED) is 0.870. The summed E-state index contributed by atoms with van der Waals surface area (Å²) in [6.07, 6.45) is 1.36. The van der Waals surface area contributed by atoms with Crippen molar-refractivity contribution in [3.8, 4) is 5.75 Å². The van der Waals surface area contributed by atoms with Crippen molar-refractivity contribution in [1.29, 1.82) is 0 Å². The molecule has 0 saturated carbocycles. The zero-order chi connectivity index (χ0) is 18.7. The van der Waals surface area contributed by atoms with E-state index in [0.29, 0.717) is 30.1 Å². The molecule has 2 aromatic rings. The van der Waals surface area contributed by atoms with Crippen molar-refractivity contribution in [1.82, 2.24) is 0 Å². The lowest BCUT2D eigenvalue weighted by atomic mass is 10.1. The number of nitrogens with zero attached hydrogens (tertiary/aromatic N) is 1. The summed E-state index contributed by atoms with van der Waals surface area (Å²) in [5.74, 6) is 0.681. The molecule has 26 heavy (non-hydrogen) atoms. The summed E-state index contributed by atoms with van der Waals surface area (Å²) < 4.78 is 5.36. The average Bonchev–Trinajstić information content (AvgIpc) is 3.04. The smallest absolute Gasteiger partial charge is 0.323 e. The van der Waals surface area contributed by atoms with E-state index in [1.54, 1.807) is 30.2 Å². The van der Waals surface area contributed by atoms with E-state index in [1.807, 2.05) is 32.0 Å². The third-order valence-corrected chi connectivity index (χ3v) is 4.57. The first-order chi connectivity index (χ1) is 12.5. The van der Waals surface area contributed by atoms with E-state index in [1.165, 1.54) is 5.56 Å². The average molecular weight is 353 g/mol. The van der Waals surface area contributed by atoms with Gasteiger partial charge in [0.2, 0.25) is 5.91 Å². The van der Waals surface area contributed by atoms with Gasteiger partial charge < -0.3 is 20.3 Å². The molecule has 1 saturated heterocycles. The van der Waals surface area contributed by atoms with Crippen LogP contribution in [0.5, 0.6) is 5.75 Å². The standard InChI is InChI=1S/C20H23N3O3/c1-13-6-7-15(11-14(13)2)21-20(25)22-16-8-9-18(26-3)17(12-16)23-10-4-5-19(23)24/h6-9,11-12H,4-5,10H2,1-3H3,(H2,21,22,25).